The smallest absolute Gasteiger partial charge is 0.230 e. The van der Waals surface area contributed by atoms with Crippen LogP contribution in [0.1, 0.15) is 61.6 Å². The fourth-order valence-corrected chi connectivity index (χ4v) is 6.38. The summed E-state index contributed by atoms with van der Waals surface area (Å²) < 4.78 is 13.4. The fraction of sp³-hybridized carbons (Fsp3) is 0.519. The van der Waals surface area contributed by atoms with Crippen molar-refractivity contribution >= 4 is 5.91 Å². The van der Waals surface area contributed by atoms with Crippen molar-refractivity contribution in [1.29, 1.82) is 0 Å². The molecule has 3 nitrogen and oxygen atoms in total. The van der Waals surface area contributed by atoms with Crippen LogP contribution in [0.4, 0.5) is 4.39 Å². The molecule has 1 saturated carbocycles. The summed E-state index contributed by atoms with van der Waals surface area (Å²) in [4.78, 5) is 15.7. The minimum absolute atomic E-state index is 0.120. The highest BCUT2D eigenvalue weighted by Gasteiger charge is 2.43. The lowest BCUT2D eigenvalue weighted by atomic mass is 9.74. The molecule has 0 bridgehead atoms. The number of nitrogens with one attached hydrogen (secondary N) is 1. The van der Waals surface area contributed by atoms with Gasteiger partial charge in [0.25, 0.3) is 0 Å². The molecular formula is C27H33FN2O. The van der Waals surface area contributed by atoms with Gasteiger partial charge in [0.15, 0.2) is 0 Å². The zero-order valence-corrected chi connectivity index (χ0v) is 18.3. The van der Waals surface area contributed by atoms with Crippen LogP contribution in [-0.2, 0) is 22.0 Å². The second-order valence-electron chi connectivity index (χ2n) is 9.83. The molecule has 0 unspecified atom stereocenters. The van der Waals surface area contributed by atoms with Gasteiger partial charge in [-0.3, -0.25) is 4.79 Å². The van der Waals surface area contributed by atoms with Crippen LogP contribution < -0.4 is 5.32 Å². The topological polar surface area (TPSA) is 32.3 Å². The summed E-state index contributed by atoms with van der Waals surface area (Å²) in [5.41, 5.74) is 4.00. The molecule has 1 N–H and O–H groups in total. The Balaban J connectivity index is 1.16. The Morgan fingerprint density at radius 3 is 2.39 bits per heavy atom. The number of halogens is 1. The van der Waals surface area contributed by atoms with Crippen LogP contribution in [0, 0.1) is 5.82 Å². The second-order valence-corrected chi connectivity index (χ2v) is 9.83. The summed E-state index contributed by atoms with van der Waals surface area (Å²) >= 11 is 0. The summed E-state index contributed by atoms with van der Waals surface area (Å²) in [6, 6.07) is 15.5. The van der Waals surface area contributed by atoms with Crippen molar-refractivity contribution in [3.05, 3.63) is 71.0 Å². The van der Waals surface area contributed by atoms with Crippen LogP contribution in [0.25, 0.3) is 0 Å². The van der Waals surface area contributed by atoms with Gasteiger partial charge < -0.3 is 10.2 Å². The van der Waals surface area contributed by atoms with Crippen LogP contribution in [0.5, 0.6) is 0 Å². The molecule has 31 heavy (non-hydrogen) atoms. The zero-order chi connectivity index (χ0) is 21.3. The van der Waals surface area contributed by atoms with Crippen LogP contribution in [0.3, 0.4) is 0 Å². The van der Waals surface area contributed by atoms with Gasteiger partial charge in [0.05, 0.1) is 5.41 Å². The third kappa shape index (κ3) is 3.80. The number of fused-ring (bicyclic) bond motifs is 2. The van der Waals surface area contributed by atoms with Gasteiger partial charge in [0, 0.05) is 13.1 Å². The SMILES string of the molecule is O=C(NCCN1CCC2(CCc3ccccc32)CC1)C1(c2ccc(F)cc2)CCCC1. The van der Waals surface area contributed by atoms with E-state index in [-0.39, 0.29) is 11.7 Å². The van der Waals surface area contributed by atoms with Crippen molar-refractivity contribution in [3.8, 4) is 0 Å². The number of amides is 1. The Bertz CT molecular complexity index is 925. The number of aryl methyl sites for hydroxylation is 1. The zero-order valence-electron chi connectivity index (χ0n) is 18.3. The molecule has 5 rings (SSSR count). The van der Waals surface area contributed by atoms with E-state index >= 15 is 0 Å². The normalized spacial score (nSPS) is 21.8. The van der Waals surface area contributed by atoms with Gasteiger partial charge in [-0.1, -0.05) is 49.2 Å². The van der Waals surface area contributed by atoms with E-state index in [4.69, 9.17) is 0 Å². The first kappa shape index (κ1) is 20.7. The first-order valence-electron chi connectivity index (χ1n) is 12.0. The molecule has 1 heterocycles. The summed E-state index contributed by atoms with van der Waals surface area (Å²) in [7, 11) is 0. The van der Waals surface area contributed by atoms with E-state index in [1.54, 1.807) is 23.3 Å². The number of carbonyl (C=O) groups is 1. The molecule has 1 amide bonds. The maximum absolute atomic E-state index is 13.4. The van der Waals surface area contributed by atoms with Crippen molar-refractivity contribution in [2.24, 2.45) is 0 Å². The van der Waals surface area contributed by atoms with Crippen molar-refractivity contribution in [1.82, 2.24) is 10.2 Å². The minimum Gasteiger partial charge on any atom is -0.354 e. The van der Waals surface area contributed by atoms with Gasteiger partial charge in [-0.25, -0.2) is 4.39 Å². The van der Waals surface area contributed by atoms with E-state index in [1.165, 1.54) is 37.8 Å². The van der Waals surface area contributed by atoms with Gasteiger partial charge in [0.1, 0.15) is 5.82 Å². The van der Waals surface area contributed by atoms with Crippen LogP contribution in [0.2, 0.25) is 0 Å². The number of nitrogens with zero attached hydrogens (tertiary/aromatic N) is 1. The van der Waals surface area contributed by atoms with Gasteiger partial charge in [0.2, 0.25) is 5.91 Å². The molecule has 4 heteroatoms. The van der Waals surface area contributed by atoms with E-state index < -0.39 is 5.41 Å². The number of rotatable bonds is 5. The van der Waals surface area contributed by atoms with Crippen molar-refractivity contribution in [2.75, 3.05) is 26.2 Å². The Kier molecular flexibility index (Phi) is 5.60. The van der Waals surface area contributed by atoms with Gasteiger partial charge in [-0.15, -0.1) is 0 Å². The number of benzene rings is 2. The highest BCUT2D eigenvalue weighted by Crippen LogP contribution is 2.46. The Labute approximate surface area is 185 Å². The number of piperidine rings is 1. The third-order valence-electron chi connectivity index (χ3n) is 8.28. The minimum atomic E-state index is -0.479. The molecule has 3 aliphatic rings. The largest absolute Gasteiger partial charge is 0.354 e. The van der Waals surface area contributed by atoms with Crippen LogP contribution in [0.15, 0.2) is 48.5 Å². The molecule has 2 aromatic rings. The molecule has 1 saturated heterocycles. The maximum atomic E-state index is 13.4. The molecule has 0 radical (unpaired) electrons. The Hall–Kier alpha value is -2.20. The quantitative estimate of drug-likeness (QED) is 0.758. The third-order valence-corrected chi connectivity index (χ3v) is 8.28. The van der Waals surface area contributed by atoms with Crippen LogP contribution >= 0.6 is 0 Å². The van der Waals surface area contributed by atoms with Crippen molar-refractivity contribution < 1.29 is 9.18 Å². The van der Waals surface area contributed by atoms with E-state index in [1.807, 2.05) is 0 Å². The molecular weight excluding hydrogens is 387 g/mol. The molecule has 2 aromatic carbocycles. The summed E-state index contributed by atoms with van der Waals surface area (Å²) in [5.74, 6) is -0.125. The maximum Gasteiger partial charge on any atom is 0.230 e. The first-order chi connectivity index (χ1) is 15.1. The van der Waals surface area contributed by atoms with E-state index in [9.17, 15) is 9.18 Å². The Morgan fingerprint density at radius 2 is 1.65 bits per heavy atom. The lowest BCUT2D eigenvalue weighted by molar-refractivity contribution is -0.126. The molecule has 1 spiro atoms. The molecule has 0 atom stereocenters. The first-order valence-corrected chi connectivity index (χ1v) is 12.0. The van der Waals surface area contributed by atoms with Gasteiger partial charge in [-0.05, 0) is 85.9 Å². The number of carbonyl (C=O) groups excluding carboxylic acids is 1. The molecule has 1 aliphatic heterocycles. The van der Waals surface area contributed by atoms with Gasteiger partial charge >= 0.3 is 0 Å². The lowest BCUT2D eigenvalue weighted by Crippen LogP contribution is -2.47. The average Bonchev–Trinajstić information content (AvgIpc) is 3.43. The van der Waals surface area contributed by atoms with Crippen LogP contribution in [-0.4, -0.2) is 37.0 Å². The van der Waals surface area contributed by atoms with E-state index in [2.05, 4.69) is 34.5 Å². The van der Waals surface area contributed by atoms with E-state index in [0.717, 1.165) is 50.9 Å². The second kappa shape index (κ2) is 8.38. The number of hydrogen-bond acceptors (Lipinski definition) is 2. The predicted octanol–water partition coefficient (Wildman–Crippen LogP) is 4.73. The highest BCUT2D eigenvalue weighted by molar-refractivity contribution is 5.88. The lowest BCUT2D eigenvalue weighted by Gasteiger charge is -2.40. The molecule has 2 fully saturated rings. The van der Waals surface area contributed by atoms with Crippen molar-refractivity contribution in [3.63, 3.8) is 0 Å². The molecule has 164 valence electrons. The number of likely N-dealkylation sites (tertiary alicyclic amines) is 1. The summed E-state index contributed by atoms with van der Waals surface area (Å²) in [5, 5.41) is 3.23. The van der Waals surface area contributed by atoms with Gasteiger partial charge in [-0.2, -0.15) is 0 Å². The number of hydrogen-bond donors (Lipinski definition) is 1. The highest BCUT2D eigenvalue weighted by atomic mass is 19.1. The Morgan fingerprint density at radius 1 is 0.935 bits per heavy atom. The molecule has 0 aromatic heterocycles. The fourth-order valence-electron chi connectivity index (χ4n) is 6.38. The standard InChI is InChI=1S/C27H33FN2O/c28-23-9-7-22(8-10-23)27(12-3-4-13-27)25(31)29-17-20-30-18-15-26(16-19-30)14-11-21-5-1-2-6-24(21)26/h1-2,5-10H,3-4,11-20H2,(H,29,31). The average molecular weight is 421 g/mol. The summed E-state index contributed by atoms with van der Waals surface area (Å²) in [6.45, 7) is 3.80. The van der Waals surface area contributed by atoms with E-state index in [0.29, 0.717) is 12.0 Å². The predicted molar refractivity (Wildman–Crippen MR) is 122 cm³/mol. The summed E-state index contributed by atoms with van der Waals surface area (Å²) in [6.07, 6.45) is 8.77. The van der Waals surface area contributed by atoms with Crippen molar-refractivity contribution in [2.45, 2.75) is 62.2 Å². The molecule has 2 aliphatic carbocycles. The monoisotopic (exact) mass is 420 g/mol.